The van der Waals surface area contributed by atoms with Gasteiger partial charge in [-0.2, -0.15) is 0 Å². The molecule has 1 unspecified atom stereocenters. The van der Waals surface area contributed by atoms with E-state index < -0.39 is 6.10 Å². The van der Waals surface area contributed by atoms with Crippen molar-refractivity contribution >= 4 is 5.97 Å². The maximum atomic E-state index is 11.2. The van der Waals surface area contributed by atoms with Gasteiger partial charge in [-0.25, -0.2) is 4.79 Å². The highest BCUT2D eigenvalue weighted by atomic mass is 16.5. The van der Waals surface area contributed by atoms with Crippen LogP contribution in [0.2, 0.25) is 0 Å². The molecule has 0 fully saturated rings. The minimum Gasteiger partial charge on any atom is -0.463 e. The number of ether oxygens (including phenoxy) is 1. The van der Waals surface area contributed by atoms with Gasteiger partial charge < -0.3 is 9.84 Å². The number of likely N-dealkylation sites (N-methyl/N-ethyl adjacent to an activating group) is 1. The molecule has 0 aromatic rings. The van der Waals surface area contributed by atoms with E-state index >= 15 is 0 Å². The second-order valence-corrected chi connectivity index (χ2v) is 3.37. The molecule has 0 aliphatic heterocycles. The summed E-state index contributed by atoms with van der Waals surface area (Å²) in [4.78, 5) is 13.0. The van der Waals surface area contributed by atoms with Crippen molar-refractivity contribution in [3.05, 3.63) is 12.2 Å². The van der Waals surface area contributed by atoms with Crippen LogP contribution in [-0.2, 0) is 9.53 Å². The lowest BCUT2D eigenvalue weighted by molar-refractivity contribution is -0.138. The van der Waals surface area contributed by atoms with Gasteiger partial charge in [-0.05, 0) is 20.9 Å². The monoisotopic (exact) mass is 201 g/mol. The van der Waals surface area contributed by atoms with E-state index in [2.05, 4.69) is 6.58 Å². The molecule has 0 aliphatic carbocycles. The molecule has 4 heteroatoms. The zero-order valence-corrected chi connectivity index (χ0v) is 9.12. The summed E-state index contributed by atoms with van der Waals surface area (Å²) in [5.41, 5.74) is 0.412. The Labute approximate surface area is 85.2 Å². The van der Waals surface area contributed by atoms with Crippen LogP contribution >= 0.6 is 0 Å². The van der Waals surface area contributed by atoms with Gasteiger partial charge in [-0.3, -0.25) is 4.90 Å². The molecule has 0 saturated carbocycles. The molecule has 0 amide bonds. The molecule has 0 rings (SSSR count). The fourth-order valence-electron chi connectivity index (χ4n) is 1.14. The molecule has 14 heavy (non-hydrogen) atoms. The predicted octanol–water partition coefficient (Wildman–Crippen LogP) is 0.418. The van der Waals surface area contributed by atoms with Gasteiger partial charge in [-0.15, -0.1) is 0 Å². The SMILES string of the molecule is C=C(CN(C)CC(C)O)C(=O)OCC. The molecular weight excluding hydrogens is 182 g/mol. The molecule has 0 aromatic heterocycles. The first-order valence-electron chi connectivity index (χ1n) is 4.68. The van der Waals surface area contributed by atoms with Crippen LogP contribution in [0.5, 0.6) is 0 Å². The molecule has 1 atom stereocenters. The van der Waals surface area contributed by atoms with Crippen molar-refractivity contribution in [1.82, 2.24) is 4.90 Å². The average Bonchev–Trinajstić information content (AvgIpc) is 2.02. The molecule has 0 aliphatic rings. The Morgan fingerprint density at radius 1 is 1.64 bits per heavy atom. The summed E-state index contributed by atoms with van der Waals surface area (Å²) in [5.74, 6) is -0.370. The number of aliphatic hydroxyl groups is 1. The van der Waals surface area contributed by atoms with E-state index in [4.69, 9.17) is 9.84 Å². The predicted molar refractivity (Wildman–Crippen MR) is 55.0 cm³/mol. The van der Waals surface area contributed by atoms with Gasteiger partial charge in [0.1, 0.15) is 0 Å². The highest BCUT2D eigenvalue weighted by molar-refractivity contribution is 5.88. The van der Waals surface area contributed by atoms with Gasteiger partial charge in [0, 0.05) is 18.7 Å². The minimum absolute atomic E-state index is 0.359. The minimum atomic E-state index is -0.407. The van der Waals surface area contributed by atoms with Crippen molar-refractivity contribution in [2.45, 2.75) is 20.0 Å². The van der Waals surface area contributed by atoms with E-state index in [9.17, 15) is 4.79 Å². The zero-order chi connectivity index (χ0) is 11.1. The number of carbonyl (C=O) groups is 1. The molecule has 82 valence electrons. The summed E-state index contributed by atoms with van der Waals surface area (Å²) in [6, 6.07) is 0. The number of hydrogen-bond acceptors (Lipinski definition) is 4. The Morgan fingerprint density at radius 2 is 2.21 bits per heavy atom. The lowest BCUT2D eigenvalue weighted by Gasteiger charge is -2.18. The average molecular weight is 201 g/mol. The summed E-state index contributed by atoms with van der Waals surface area (Å²) in [6.07, 6.45) is -0.407. The molecule has 0 spiro atoms. The van der Waals surface area contributed by atoms with E-state index in [0.717, 1.165) is 0 Å². The number of rotatable bonds is 6. The summed E-state index contributed by atoms with van der Waals surface area (Å²) >= 11 is 0. The molecule has 0 saturated heterocycles. The third kappa shape index (κ3) is 5.72. The fraction of sp³-hybridized carbons (Fsp3) is 0.700. The molecule has 0 aromatic carbocycles. The second-order valence-electron chi connectivity index (χ2n) is 3.37. The van der Waals surface area contributed by atoms with Crippen molar-refractivity contribution in [2.75, 3.05) is 26.7 Å². The van der Waals surface area contributed by atoms with E-state index in [1.165, 1.54) is 0 Å². The molecule has 0 bridgehead atoms. The number of carbonyl (C=O) groups excluding carboxylic acids is 1. The quantitative estimate of drug-likeness (QED) is 0.500. The van der Waals surface area contributed by atoms with Crippen molar-refractivity contribution in [3.63, 3.8) is 0 Å². The maximum Gasteiger partial charge on any atom is 0.334 e. The van der Waals surface area contributed by atoms with Crippen LogP contribution in [0.15, 0.2) is 12.2 Å². The molecule has 1 N–H and O–H groups in total. The van der Waals surface area contributed by atoms with Gasteiger partial charge >= 0.3 is 5.97 Å². The second kappa shape index (κ2) is 6.56. The third-order valence-corrected chi connectivity index (χ3v) is 1.60. The van der Waals surface area contributed by atoms with Crippen LogP contribution in [0.25, 0.3) is 0 Å². The van der Waals surface area contributed by atoms with Crippen LogP contribution in [-0.4, -0.2) is 48.8 Å². The summed E-state index contributed by atoms with van der Waals surface area (Å²) in [7, 11) is 1.82. The smallest absolute Gasteiger partial charge is 0.334 e. The Hall–Kier alpha value is -0.870. The highest BCUT2D eigenvalue weighted by Gasteiger charge is 2.11. The number of aliphatic hydroxyl groups excluding tert-OH is 1. The number of nitrogens with zero attached hydrogens (tertiary/aromatic N) is 1. The molecule has 0 radical (unpaired) electrons. The van der Waals surface area contributed by atoms with Gasteiger partial charge in [0.25, 0.3) is 0 Å². The Bertz CT molecular complexity index is 202. The topological polar surface area (TPSA) is 49.8 Å². The molecule has 0 heterocycles. The van der Waals surface area contributed by atoms with Gasteiger partial charge in [-0.1, -0.05) is 6.58 Å². The first kappa shape index (κ1) is 13.1. The molecular formula is C10H19NO3. The fourth-order valence-corrected chi connectivity index (χ4v) is 1.14. The zero-order valence-electron chi connectivity index (χ0n) is 9.12. The van der Waals surface area contributed by atoms with E-state index in [-0.39, 0.29) is 5.97 Å². The summed E-state index contributed by atoms with van der Waals surface area (Å²) in [5, 5.41) is 9.09. The van der Waals surface area contributed by atoms with Crippen LogP contribution in [0.3, 0.4) is 0 Å². The van der Waals surface area contributed by atoms with E-state index in [1.807, 2.05) is 11.9 Å². The van der Waals surface area contributed by atoms with E-state index in [0.29, 0.717) is 25.3 Å². The molecule has 4 nitrogen and oxygen atoms in total. The van der Waals surface area contributed by atoms with Gasteiger partial charge in [0.2, 0.25) is 0 Å². The van der Waals surface area contributed by atoms with Crippen molar-refractivity contribution in [3.8, 4) is 0 Å². The lowest BCUT2D eigenvalue weighted by Crippen LogP contribution is -2.30. The first-order chi connectivity index (χ1) is 6.47. The van der Waals surface area contributed by atoms with Crippen LogP contribution in [0.1, 0.15) is 13.8 Å². The third-order valence-electron chi connectivity index (χ3n) is 1.60. The van der Waals surface area contributed by atoms with Crippen molar-refractivity contribution < 1.29 is 14.6 Å². The van der Waals surface area contributed by atoms with E-state index in [1.54, 1.807) is 13.8 Å². The lowest BCUT2D eigenvalue weighted by atomic mass is 10.2. The van der Waals surface area contributed by atoms with Crippen LogP contribution in [0, 0.1) is 0 Å². The Kier molecular flexibility index (Phi) is 6.16. The highest BCUT2D eigenvalue weighted by Crippen LogP contribution is 1.98. The van der Waals surface area contributed by atoms with Gasteiger partial charge in [0.05, 0.1) is 12.7 Å². The maximum absolute atomic E-state index is 11.2. The number of hydrogen-bond donors (Lipinski definition) is 1. The largest absolute Gasteiger partial charge is 0.463 e. The summed E-state index contributed by atoms with van der Waals surface area (Å²) in [6.45, 7) is 8.37. The van der Waals surface area contributed by atoms with Crippen molar-refractivity contribution in [1.29, 1.82) is 0 Å². The summed E-state index contributed by atoms with van der Waals surface area (Å²) < 4.78 is 4.78. The number of esters is 1. The van der Waals surface area contributed by atoms with Gasteiger partial charge in [0.15, 0.2) is 0 Å². The standard InChI is InChI=1S/C10H19NO3/c1-5-14-10(13)8(2)6-11(4)7-9(3)12/h9,12H,2,5-7H2,1,3-4H3. The van der Waals surface area contributed by atoms with Crippen molar-refractivity contribution in [2.24, 2.45) is 0 Å². The Balaban J connectivity index is 3.87. The Morgan fingerprint density at radius 3 is 2.64 bits per heavy atom. The van der Waals surface area contributed by atoms with Crippen LogP contribution < -0.4 is 0 Å². The first-order valence-corrected chi connectivity index (χ1v) is 4.68. The normalized spacial score (nSPS) is 12.6. The van der Waals surface area contributed by atoms with Crippen LogP contribution in [0.4, 0.5) is 0 Å².